The molecule has 4 aromatic rings. The van der Waals surface area contributed by atoms with Gasteiger partial charge >= 0.3 is 0 Å². The summed E-state index contributed by atoms with van der Waals surface area (Å²) in [6, 6.07) is 15.7. The van der Waals surface area contributed by atoms with Crippen LogP contribution in [0.15, 0.2) is 61.1 Å². The van der Waals surface area contributed by atoms with Crippen LogP contribution in [0.25, 0.3) is 22.0 Å². The molecule has 0 spiro atoms. The van der Waals surface area contributed by atoms with E-state index in [1.807, 2.05) is 48.7 Å². The Morgan fingerprint density at radius 1 is 1.04 bits per heavy atom. The van der Waals surface area contributed by atoms with Crippen LogP contribution >= 0.6 is 0 Å². The number of aromatic nitrogens is 2. The molecular weight excluding hydrogens is 352 g/mol. The van der Waals surface area contributed by atoms with Gasteiger partial charge in [-0.1, -0.05) is 6.07 Å². The van der Waals surface area contributed by atoms with Crippen molar-refractivity contribution < 1.29 is 9.47 Å². The molecule has 0 radical (unpaired) electrons. The van der Waals surface area contributed by atoms with E-state index in [1.165, 1.54) is 0 Å². The van der Waals surface area contributed by atoms with Crippen LogP contribution in [0, 0.1) is 11.3 Å². The third-order valence-electron chi connectivity index (χ3n) is 4.62. The Labute approximate surface area is 162 Å². The third-order valence-corrected chi connectivity index (χ3v) is 4.62. The zero-order valence-electron chi connectivity index (χ0n) is 15.5. The number of aromatic amines is 1. The Morgan fingerprint density at radius 2 is 1.93 bits per heavy atom. The van der Waals surface area contributed by atoms with Gasteiger partial charge in [-0.2, -0.15) is 5.26 Å². The lowest BCUT2D eigenvalue weighted by Gasteiger charge is -2.17. The van der Waals surface area contributed by atoms with Gasteiger partial charge in [-0.15, -0.1) is 0 Å². The van der Waals surface area contributed by atoms with Crippen LogP contribution < -0.4 is 14.8 Å². The van der Waals surface area contributed by atoms with Crippen molar-refractivity contribution in [2.24, 2.45) is 0 Å². The van der Waals surface area contributed by atoms with Gasteiger partial charge in [-0.05, 0) is 30.3 Å². The number of benzene rings is 2. The molecule has 0 aliphatic rings. The first kappa shape index (κ1) is 17.4. The van der Waals surface area contributed by atoms with Gasteiger partial charge in [-0.3, -0.25) is 4.98 Å². The molecule has 138 valence electrons. The molecular formula is C22H18N4O2. The summed E-state index contributed by atoms with van der Waals surface area (Å²) in [5.41, 5.74) is 4.62. The lowest BCUT2D eigenvalue weighted by Crippen LogP contribution is -2.00. The van der Waals surface area contributed by atoms with Crippen molar-refractivity contribution in [1.29, 1.82) is 5.26 Å². The van der Waals surface area contributed by atoms with E-state index in [2.05, 4.69) is 21.4 Å². The molecule has 4 rings (SSSR count). The first-order valence-electron chi connectivity index (χ1n) is 8.68. The maximum absolute atomic E-state index is 9.66. The number of fused-ring (bicyclic) bond motifs is 1. The highest BCUT2D eigenvalue weighted by atomic mass is 16.5. The number of hydrogen-bond donors (Lipinski definition) is 2. The fourth-order valence-electron chi connectivity index (χ4n) is 3.23. The molecule has 0 unspecified atom stereocenters. The van der Waals surface area contributed by atoms with E-state index in [9.17, 15) is 5.26 Å². The van der Waals surface area contributed by atoms with Crippen molar-refractivity contribution in [1.82, 2.24) is 9.97 Å². The van der Waals surface area contributed by atoms with Crippen molar-refractivity contribution in [2.45, 2.75) is 0 Å². The lowest BCUT2D eigenvalue weighted by molar-refractivity contribution is 0.395. The van der Waals surface area contributed by atoms with Crippen LogP contribution in [0.4, 0.5) is 11.4 Å². The predicted molar refractivity (Wildman–Crippen MR) is 109 cm³/mol. The van der Waals surface area contributed by atoms with Gasteiger partial charge in [0, 0.05) is 52.4 Å². The van der Waals surface area contributed by atoms with Gasteiger partial charge < -0.3 is 19.8 Å². The monoisotopic (exact) mass is 370 g/mol. The van der Waals surface area contributed by atoms with E-state index < -0.39 is 0 Å². The average molecular weight is 370 g/mol. The highest BCUT2D eigenvalue weighted by Crippen LogP contribution is 2.40. The molecule has 0 amide bonds. The van der Waals surface area contributed by atoms with Crippen LogP contribution in [0.2, 0.25) is 0 Å². The number of nitrogens with one attached hydrogen (secondary N) is 2. The number of methoxy groups -OCH3 is 2. The normalized spacial score (nSPS) is 10.5. The van der Waals surface area contributed by atoms with Crippen LogP contribution in [0.3, 0.4) is 0 Å². The first-order valence-corrected chi connectivity index (χ1v) is 8.68. The standard InChI is InChI=1S/C22H18N4O2/c1-27-15-6-7-16(21(10-15)28-2)18-13-24-12-14(11-23)22(18)26-20-5-3-4-19-17(20)8-9-25-19/h3-10,12-13,25H,1-2H3,(H,24,26). The number of ether oxygens (including phenoxy) is 2. The van der Waals surface area contributed by atoms with Crippen molar-refractivity contribution in [3.05, 3.63) is 66.6 Å². The molecule has 0 aliphatic heterocycles. The summed E-state index contributed by atoms with van der Waals surface area (Å²) in [5, 5.41) is 14.1. The molecule has 6 heteroatoms. The quantitative estimate of drug-likeness (QED) is 0.524. The molecule has 2 aromatic carbocycles. The zero-order valence-corrected chi connectivity index (χ0v) is 15.5. The van der Waals surface area contributed by atoms with Gasteiger partial charge in [0.25, 0.3) is 0 Å². The Balaban J connectivity index is 1.89. The molecule has 0 atom stereocenters. The Bertz CT molecular complexity index is 1190. The molecule has 0 saturated heterocycles. The second kappa shape index (κ2) is 7.33. The summed E-state index contributed by atoms with van der Waals surface area (Å²) in [7, 11) is 3.21. The topological polar surface area (TPSA) is 83.0 Å². The summed E-state index contributed by atoms with van der Waals surface area (Å²) in [5.74, 6) is 1.33. The number of nitriles is 1. The fourth-order valence-corrected chi connectivity index (χ4v) is 3.23. The van der Waals surface area contributed by atoms with Crippen molar-refractivity contribution in [2.75, 3.05) is 19.5 Å². The molecule has 0 bridgehead atoms. The summed E-state index contributed by atoms with van der Waals surface area (Å²) in [6.45, 7) is 0. The minimum atomic E-state index is 0.447. The number of nitrogens with zero attached hydrogens (tertiary/aromatic N) is 2. The van der Waals surface area contributed by atoms with Gasteiger partial charge in [0.1, 0.15) is 17.6 Å². The Hall–Kier alpha value is -3.98. The van der Waals surface area contributed by atoms with E-state index in [1.54, 1.807) is 26.6 Å². The van der Waals surface area contributed by atoms with Gasteiger partial charge in [0.15, 0.2) is 0 Å². The molecule has 28 heavy (non-hydrogen) atoms. The summed E-state index contributed by atoms with van der Waals surface area (Å²) in [4.78, 5) is 7.45. The Kier molecular flexibility index (Phi) is 4.56. The first-order chi connectivity index (χ1) is 13.7. The van der Waals surface area contributed by atoms with Gasteiger partial charge in [0.05, 0.1) is 25.5 Å². The maximum Gasteiger partial charge on any atom is 0.130 e. The second-order valence-corrected chi connectivity index (χ2v) is 6.16. The highest BCUT2D eigenvalue weighted by Gasteiger charge is 2.16. The van der Waals surface area contributed by atoms with Crippen LogP contribution in [0.1, 0.15) is 5.56 Å². The number of rotatable bonds is 5. The molecule has 0 saturated carbocycles. The highest BCUT2D eigenvalue weighted by molar-refractivity contribution is 5.96. The summed E-state index contributed by atoms with van der Waals surface area (Å²) < 4.78 is 10.8. The fraction of sp³-hybridized carbons (Fsp3) is 0.0909. The molecule has 2 N–H and O–H groups in total. The van der Waals surface area contributed by atoms with Crippen LogP contribution in [-0.4, -0.2) is 24.2 Å². The molecule has 0 aliphatic carbocycles. The second-order valence-electron chi connectivity index (χ2n) is 6.16. The van der Waals surface area contributed by atoms with Crippen LogP contribution in [0.5, 0.6) is 11.5 Å². The molecule has 2 aromatic heterocycles. The van der Waals surface area contributed by atoms with E-state index >= 15 is 0 Å². The molecule has 0 fully saturated rings. The van der Waals surface area contributed by atoms with Crippen LogP contribution in [-0.2, 0) is 0 Å². The van der Waals surface area contributed by atoms with Gasteiger partial charge in [-0.25, -0.2) is 0 Å². The molecule has 2 heterocycles. The lowest BCUT2D eigenvalue weighted by atomic mass is 10.0. The van der Waals surface area contributed by atoms with E-state index in [0.29, 0.717) is 22.7 Å². The van der Waals surface area contributed by atoms with Gasteiger partial charge in [0.2, 0.25) is 0 Å². The number of H-pyrrole nitrogens is 1. The largest absolute Gasteiger partial charge is 0.497 e. The SMILES string of the molecule is COc1ccc(-c2cncc(C#N)c2Nc2cccc3[nH]ccc23)c(OC)c1. The van der Waals surface area contributed by atoms with Crippen molar-refractivity contribution in [3.8, 4) is 28.7 Å². The van der Waals surface area contributed by atoms with E-state index in [-0.39, 0.29) is 0 Å². The average Bonchev–Trinajstić information content (AvgIpc) is 3.23. The minimum absolute atomic E-state index is 0.447. The minimum Gasteiger partial charge on any atom is -0.497 e. The maximum atomic E-state index is 9.66. The number of pyridine rings is 1. The third kappa shape index (κ3) is 2.99. The van der Waals surface area contributed by atoms with E-state index in [0.717, 1.165) is 27.7 Å². The van der Waals surface area contributed by atoms with E-state index in [4.69, 9.17) is 9.47 Å². The van der Waals surface area contributed by atoms with Crippen molar-refractivity contribution in [3.63, 3.8) is 0 Å². The zero-order chi connectivity index (χ0) is 19.5. The predicted octanol–water partition coefficient (Wildman–Crippen LogP) is 4.86. The Morgan fingerprint density at radius 3 is 2.71 bits per heavy atom. The molecule has 6 nitrogen and oxygen atoms in total. The number of hydrogen-bond acceptors (Lipinski definition) is 5. The summed E-state index contributed by atoms with van der Waals surface area (Å²) >= 11 is 0. The van der Waals surface area contributed by atoms with Crippen molar-refractivity contribution >= 4 is 22.3 Å². The number of anilines is 2. The summed E-state index contributed by atoms with van der Waals surface area (Å²) in [6.07, 6.45) is 5.17. The smallest absolute Gasteiger partial charge is 0.130 e.